The van der Waals surface area contributed by atoms with Gasteiger partial charge in [-0.2, -0.15) is 4.57 Å². The summed E-state index contributed by atoms with van der Waals surface area (Å²) >= 11 is 0. The van der Waals surface area contributed by atoms with Gasteiger partial charge in [-0.1, -0.05) is 10.3 Å². The highest BCUT2D eigenvalue weighted by atomic mass is 16.5. The van der Waals surface area contributed by atoms with E-state index in [1.807, 2.05) is 42.1 Å². The molecule has 0 aromatic carbocycles. The molecule has 0 atom stereocenters. The standard InChI is InChI=1S/C11H11N3O2/c1-9-5-11(16-13-9)8-14-4-2-3-10(7-14)6-12-15/h2-7H,8H2,1H3/p+1/b12-6+. The molecular weight excluding hydrogens is 206 g/mol. The first-order valence-electron chi connectivity index (χ1n) is 4.86. The largest absolute Gasteiger partial charge is 0.411 e. The fourth-order valence-electron chi connectivity index (χ4n) is 1.45. The molecular formula is C11H12N3O2+. The summed E-state index contributed by atoms with van der Waals surface area (Å²) in [6.07, 6.45) is 5.15. The van der Waals surface area contributed by atoms with Crippen molar-refractivity contribution in [3.8, 4) is 0 Å². The normalized spacial score (nSPS) is 11.1. The van der Waals surface area contributed by atoms with Crippen LogP contribution >= 0.6 is 0 Å². The Kier molecular flexibility index (Phi) is 2.95. The van der Waals surface area contributed by atoms with Crippen LogP contribution in [0.25, 0.3) is 0 Å². The van der Waals surface area contributed by atoms with Gasteiger partial charge in [0.05, 0.1) is 17.5 Å². The highest BCUT2D eigenvalue weighted by Crippen LogP contribution is 2.01. The molecule has 0 amide bonds. The van der Waals surface area contributed by atoms with Crippen molar-refractivity contribution < 1.29 is 14.3 Å². The molecule has 0 aliphatic rings. The van der Waals surface area contributed by atoms with E-state index < -0.39 is 0 Å². The van der Waals surface area contributed by atoms with Gasteiger partial charge in [-0.3, -0.25) is 0 Å². The highest BCUT2D eigenvalue weighted by Gasteiger charge is 2.07. The van der Waals surface area contributed by atoms with Crippen LogP contribution in [0.15, 0.2) is 40.3 Å². The van der Waals surface area contributed by atoms with E-state index in [0.717, 1.165) is 17.0 Å². The van der Waals surface area contributed by atoms with E-state index in [4.69, 9.17) is 9.73 Å². The molecule has 16 heavy (non-hydrogen) atoms. The monoisotopic (exact) mass is 218 g/mol. The fraction of sp³-hybridized carbons (Fsp3) is 0.182. The topological polar surface area (TPSA) is 62.5 Å². The van der Waals surface area contributed by atoms with Crippen molar-refractivity contribution >= 4 is 6.21 Å². The molecule has 0 aliphatic carbocycles. The van der Waals surface area contributed by atoms with Crippen molar-refractivity contribution in [3.63, 3.8) is 0 Å². The molecule has 0 aliphatic heterocycles. The average molecular weight is 218 g/mol. The molecule has 0 saturated carbocycles. The van der Waals surface area contributed by atoms with Gasteiger partial charge in [0.15, 0.2) is 12.4 Å². The first kappa shape index (κ1) is 10.4. The lowest BCUT2D eigenvalue weighted by Crippen LogP contribution is -2.33. The Labute approximate surface area is 92.6 Å². The third kappa shape index (κ3) is 2.44. The van der Waals surface area contributed by atoms with Crippen molar-refractivity contribution in [1.29, 1.82) is 0 Å². The second kappa shape index (κ2) is 4.57. The molecule has 0 unspecified atom stereocenters. The van der Waals surface area contributed by atoms with Crippen molar-refractivity contribution in [1.82, 2.24) is 5.16 Å². The van der Waals surface area contributed by atoms with Gasteiger partial charge < -0.3 is 9.73 Å². The van der Waals surface area contributed by atoms with Crippen LogP contribution < -0.4 is 4.57 Å². The third-order valence-corrected chi connectivity index (χ3v) is 2.10. The SMILES string of the molecule is Cc1cc(C[n+]2cccc(/C=N/O)c2)on1. The zero-order valence-electron chi connectivity index (χ0n) is 8.87. The molecule has 0 spiro atoms. The molecule has 82 valence electrons. The molecule has 0 radical (unpaired) electrons. The van der Waals surface area contributed by atoms with Gasteiger partial charge in [0, 0.05) is 12.1 Å². The van der Waals surface area contributed by atoms with Crippen LogP contribution in [0.5, 0.6) is 0 Å². The van der Waals surface area contributed by atoms with Crippen LogP contribution in [0.2, 0.25) is 0 Å². The maximum Gasteiger partial charge on any atom is 0.208 e. The van der Waals surface area contributed by atoms with Crippen LogP contribution in [0, 0.1) is 6.92 Å². The van der Waals surface area contributed by atoms with E-state index in [2.05, 4.69) is 10.3 Å². The van der Waals surface area contributed by atoms with Crippen molar-refractivity contribution in [3.05, 3.63) is 47.6 Å². The number of aromatic nitrogens is 2. The van der Waals surface area contributed by atoms with E-state index in [1.165, 1.54) is 6.21 Å². The number of hydrogen-bond donors (Lipinski definition) is 1. The summed E-state index contributed by atoms with van der Waals surface area (Å²) in [7, 11) is 0. The second-order valence-corrected chi connectivity index (χ2v) is 3.49. The minimum atomic E-state index is 0.605. The molecule has 0 bridgehead atoms. The summed E-state index contributed by atoms with van der Waals surface area (Å²) in [6.45, 7) is 2.49. The molecule has 2 aromatic heterocycles. The zero-order valence-corrected chi connectivity index (χ0v) is 8.87. The molecule has 2 aromatic rings. The van der Waals surface area contributed by atoms with E-state index in [-0.39, 0.29) is 0 Å². The van der Waals surface area contributed by atoms with Crippen LogP contribution in [-0.4, -0.2) is 16.6 Å². The van der Waals surface area contributed by atoms with Crippen molar-refractivity contribution in [2.75, 3.05) is 0 Å². The number of pyridine rings is 1. The second-order valence-electron chi connectivity index (χ2n) is 3.49. The fourth-order valence-corrected chi connectivity index (χ4v) is 1.45. The van der Waals surface area contributed by atoms with Gasteiger partial charge in [-0.05, 0) is 13.0 Å². The van der Waals surface area contributed by atoms with Crippen LogP contribution in [0.4, 0.5) is 0 Å². The molecule has 5 nitrogen and oxygen atoms in total. The predicted molar refractivity (Wildman–Crippen MR) is 56.4 cm³/mol. The van der Waals surface area contributed by atoms with Crippen molar-refractivity contribution in [2.45, 2.75) is 13.5 Å². The molecule has 2 rings (SSSR count). The summed E-state index contributed by atoms with van der Waals surface area (Å²) < 4.78 is 7.04. The third-order valence-electron chi connectivity index (χ3n) is 2.10. The number of oxime groups is 1. The van der Waals surface area contributed by atoms with E-state index in [0.29, 0.717) is 6.54 Å². The first-order valence-corrected chi connectivity index (χ1v) is 4.86. The van der Waals surface area contributed by atoms with E-state index >= 15 is 0 Å². The quantitative estimate of drug-likeness (QED) is 0.363. The molecule has 0 fully saturated rings. The van der Waals surface area contributed by atoms with Crippen LogP contribution in [0.1, 0.15) is 17.0 Å². The molecule has 0 saturated heterocycles. The zero-order chi connectivity index (χ0) is 11.4. The van der Waals surface area contributed by atoms with Gasteiger partial charge in [-0.25, -0.2) is 0 Å². The van der Waals surface area contributed by atoms with E-state index in [9.17, 15) is 0 Å². The Morgan fingerprint density at radius 2 is 2.50 bits per heavy atom. The lowest BCUT2D eigenvalue weighted by Gasteiger charge is -1.93. The Hall–Kier alpha value is -2.17. The highest BCUT2D eigenvalue weighted by molar-refractivity contribution is 5.77. The summed E-state index contributed by atoms with van der Waals surface area (Å²) in [4.78, 5) is 0. The minimum Gasteiger partial charge on any atom is -0.411 e. The Morgan fingerprint density at radius 1 is 1.62 bits per heavy atom. The Morgan fingerprint density at radius 3 is 3.19 bits per heavy atom. The summed E-state index contributed by atoms with van der Waals surface area (Å²) in [6, 6.07) is 5.61. The summed E-state index contributed by atoms with van der Waals surface area (Å²) in [5.41, 5.74) is 1.69. The number of nitrogens with zero attached hydrogens (tertiary/aromatic N) is 3. The lowest BCUT2D eigenvalue weighted by atomic mass is 10.3. The van der Waals surface area contributed by atoms with Crippen LogP contribution in [-0.2, 0) is 6.54 Å². The number of hydrogen-bond acceptors (Lipinski definition) is 4. The van der Waals surface area contributed by atoms with Gasteiger partial charge in [0.2, 0.25) is 12.3 Å². The van der Waals surface area contributed by atoms with Crippen molar-refractivity contribution in [2.24, 2.45) is 5.16 Å². The molecule has 1 N–H and O–H groups in total. The maximum atomic E-state index is 8.44. The van der Waals surface area contributed by atoms with Gasteiger partial charge in [0.25, 0.3) is 0 Å². The smallest absolute Gasteiger partial charge is 0.208 e. The van der Waals surface area contributed by atoms with E-state index in [1.54, 1.807) is 0 Å². The average Bonchev–Trinajstić information content (AvgIpc) is 2.65. The molecule has 5 heteroatoms. The van der Waals surface area contributed by atoms with Crippen LogP contribution in [0.3, 0.4) is 0 Å². The maximum absolute atomic E-state index is 8.44. The Balaban J connectivity index is 2.18. The van der Waals surface area contributed by atoms with Gasteiger partial charge in [0.1, 0.15) is 0 Å². The Bertz CT molecular complexity index is 505. The predicted octanol–water partition coefficient (Wildman–Crippen LogP) is 1.13. The molecule has 2 heterocycles. The minimum absolute atomic E-state index is 0.605. The number of rotatable bonds is 3. The van der Waals surface area contributed by atoms with Gasteiger partial charge >= 0.3 is 0 Å². The summed E-state index contributed by atoms with van der Waals surface area (Å²) in [5.74, 6) is 0.792. The number of aryl methyl sites for hydroxylation is 1. The summed E-state index contributed by atoms with van der Waals surface area (Å²) in [5, 5.41) is 15.2. The lowest BCUT2D eigenvalue weighted by molar-refractivity contribution is -0.690. The first-order chi connectivity index (χ1) is 7.78. The van der Waals surface area contributed by atoms with Gasteiger partial charge in [-0.15, -0.1) is 0 Å².